The number of nitrogens with zero attached hydrogens (tertiary/aromatic N) is 2. The highest BCUT2D eigenvalue weighted by Crippen LogP contribution is 2.39. The van der Waals surface area contributed by atoms with E-state index in [-0.39, 0.29) is 0 Å². The summed E-state index contributed by atoms with van der Waals surface area (Å²) in [5.74, 6) is 0. The van der Waals surface area contributed by atoms with Crippen LogP contribution in [0.2, 0.25) is 0 Å². The molecule has 0 amide bonds. The zero-order valence-electron chi connectivity index (χ0n) is 10.5. The molecule has 2 rings (SSSR count). The Hall–Kier alpha value is -0.830. The second-order valence-electron chi connectivity index (χ2n) is 5.38. The van der Waals surface area contributed by atoms with Crippen LogP contribution >= 0.6 is 0 Å². The topological polar surface area (TPSA) is 29.9 Å². The van der Waals surface area contributed by atoms with Gasteiger partial charge in [0.1, 0.15) is 0 Å². The van der Waals surface area contributed by atoms with E-state index in [1.807, 2.05) is 10.9 Å². The van der Waals surface area contributed by atoms with Gasteiger partial charge in [0.2, 0.25) is 0 Å². The molecular weight excluding hydrogens is 198 g/mol. The zero-order valence-corrected chi connectivity index (χ0v) is 10.5. The molecule has 0 bridgehead atoms. The van der Waals surface area contributed by atoms with E-state index in [0.717, 1.165) is 26.1 Å². The van der Waals surface area contributed by atoms with Gasteiger partial charge >= 0.3 is 0 Å². The molecule has 3 heteroatoms. The Kier molecular flexibility index (Phi) is 3.64. The number of hydrogen-bond acceptors (Lipinski definition) is 2. The summed E-state index contributed by atoms with van der Waals surface area (Å²) >= 11 is 0. The fourth-order valence-corrected chi connectivity index (χ4v) is 2.31. The van der Waals surface area contributed by atoms with E-state index < -0.39 is 0 Å². The van der Waals surface area contributed by atoms with Gasteiger partial charge in [-0.05, 0) is 24.7 Å². The first-order valence-corrected chi connectivity index (χ1v) is 6.44. The van der Waals surface area contributed by atoms with E-state index in [1.54, 1.807) is 0 Å². The average Bonchev–Trinajstić information content (AvgIpc) is 2.64. The maximum absolute atomic E-state index is 4.33. The number of aromatic nitrogens is 2. The van der Waals surface area contributed by atoms with E-state index in [1.165, 1.54) is 24.8 Å². The lowest BCUT2D eigenvalue weighted by atomic mass is 9.70. The SMILES string of the molecule is CCCn1cc(CNCC2(C)CCC2)cn1. The molecule has 0 atom stereocenters. The smallest absolute Gasteiger partial charge is 0.0534 e. The van der Waals surface area contributed by atoms with Gasteiger partial charge < -0.3 is 5.32 Å². The van der Waals surface area contributed by atoms with Crippen molar-refractivity contribution in [1.29, 1.82) is 0 Å². The predicted octanol–water partition coefficient (Wildman–Crippen LogP) is 2.57. The van der Waals surface area contributed by atoms with E-state index in [4.69, 9.17) is 0 Å². The molecule has 90 valence electrons. The summed E-state index contributed by atoms with van der Waals surface area (Å²) in [5.41, 5.74) is 1.87. The quantitative estimate of drug-likeness (QED) is 0.800. The molecule has 1 fully saturated rings. The maximum Gasteiger partial charge on any atom is 0.0534 e. The van der Waals surface area contributed by atoms with Crippen molar-refractivity contribution in [2.45, 2.75) is 52.6 Å². The van der Waals surface area contributed by atoms with Gasteiger partial charge in [-0.15, -0.1) is 0 Å². The molecule has 16 heavy (non-hydrogen) atoms. The van der Waals surface area contributed by atoms with Crippen LogP contribution in [0.5, 0.6) is 0 Å². The first-order valence-electron chi connectivity index (χ1n) is 6.44. The first-order chi connectivity index (χ1) is 7.72. The molecule has 0 radical (unpaired) electrons. The summed E-state index contributed by atoms with van der Waals surface area (Å²) in [6.45, 7) is 7.68. The third-order valence-corrected chi connectivity index (χ3v) is 3.58. The van der Waals surface area contributed by atoms with Crippen LogP contribution in [0.15, 0.2) is 12.4 Å². The summed E-state index contributed by atoms with van der Waals surface area (Å²) in [4.78, 5) is 0. The largest absolute Gasteiger partial charge is 0.312 e. The van der Waals surface area contributed by atoms with Crippen LogP contribution < -0.4 is 5.32 Å². The number of hydrogen-bond donors (Lipinski definition) is 1. The van der Waals surface area contributed by atoms with Crippen molar-refractivity contribution in [2.75, 3.05) is 6.54 Å². The van der Waals surface area contributed by atoms with Gasteiger partial charge in [-0.25, -0.2) is 0 Å². The number of rotatable bonds is 6. The lowest BCUT2D eigenvalue weighted by Gasteiger charge is -2.38. The van der Waals surface area contributed by atoms with Crippen molar-refractivity contribution in [3.8, 4) is 0 Å². The minimum absolute atomic E-state index is 0.569. The van der Waals surface area contributed by atoms with Crippen LogP contribution in [0.25, 0.3) is 0 Å². The lowest BCUT2D eigenvalue weighted by Crippen LogP contribution is -2.36. The highest BCUT2D eigenvalue weighted by Gasteiger charge is 2.30. The van der Waals surface area contributed by atoms with Gasteiger partial charge in [0.25, 0.3) is 0 Å². The lowest BCUT2D eigenvalue weighted by molar-refractivity contribution is 0.156. The summed E-state index contributed by atoms with van der Waals surface area (Å²) in [7, 11) is 0. The van der Waals surface area contributed by atoms with E-state index in [2.05, 4.69) is 30.5 Å². The molecule has 1 aromatic rings. The molecule has 0 aromatic carbocycles. The Morgan fingerprint density at radius 2 is 2.31 bits per heavy atom. The third-order valence-electron chi connectivity index (χ3n) is 3.58. The molecular formula is C13H23N3. The Bertz CT molecular complexity index is 326. The molecule has 0 spiro atoms. The summed E-state index contributed by atoms with van der Waals surface area (Å²) in [6.07, 6.45) is 9.45. The molecule has 1 aromatic heterocycles. The second-order valence-corrected chi connectivity index (χ2v) is 5.38. The average molecular weight is 221 g/mol. The van der Waals surface area contributed by atoms with Crippen LogP contribution in [-0.2, 0) is 13.1 Å². The van der Waals surface area contributed by atoms with Gasteiger partial charge in [0.15, 0.2) is 0 Å². The monoisotopic (exact) mass is 221 g/mol. The van der Waals surface area contributed by atoms with Gasteiger partial charge in [-0.2, -0.15) is 5.10 Å². The van der Waals surface area contributed by atoms with E-state index >= 15 is 0 Å². The molecule has 1 aliphatic rings. The van der Waals surface area contributed by atoms with Crippen molar-refractivity contribution < 1.29 is 0 Å². The van der Waals surface area contributed by atoms with E-state index in [9.17, 15) is 0 Å². The molecule has 0 unspecified atom stereocenters. The Morgan fingerprint density at radius 3 is 2.94 bits per heavy atom. The van der Waals surface area contributed by atoms with Crippen molar-refractivity contribution >= 4 is 0 Å². The van der Waals surface area contributed by atoms with Crippen LogP contribution in [0.3, 0.4) is 0 Å². The van der Waals surface area contributed by atoms with Crippen LogP contribution in [0.4, 0.5) is 0 Å². The van der Waals surface area contributed by atoms with Crippen molar-refractivity contribution in [3.63, 3.8) is 0 Å². The van der Waals surface area contributed by atoms with Gasteiger partial charge in [-0.1, -0.05) is 20.3 Å². The molecule has 1 heterocycles. The highest BCUT2D eigenvalue weighted by atomic mass is 15.3. The highest BCUT2D eigenvalue weighted by molar-refractivity contribution is 5.03. The fourth-order valence-electron chi connectivity index (χ4n) is 2.31. The normalized spacial score (nSPS) is 18.4. The summed E-state index contributed by atoms with van der Waals surface area (Å²) < 4.78 is 2.03. The maximum atomic E-state index is 4.33. The van der Waals surface area contributed by atoms with Crippen LogP contribution in [0, 0.1) is 5.41 Å². The van der Waals surface area contributed by atoms with Gasteiger partial charge in [-0.3, -0.25) is 4.68 Å². The molecule has 3 nitrogen and oxygen atoms in total. The zero-order chi connectivity index (χ0) is 11.4. The standard InChI is InChI=1S/C13H23N3/c1-3-7-16-10-12(9-15-16)8-14-11-13(2)5-4-6-13/h9-10,14H,3-8,11H2,1-2H3. The Morgan fingerprint density at radius 1 is 1.50 bits per heavy atom. The molecule has 1 N–H and O–H groups in total. The molecule has 1 saturated carbocycles. The molecule has 0 aliphatic heterocycles. The first kappa shape index (κ1) is 11.6. The third kappa shape index (κ3) is 2.85. The van der Waals surface area contributed by atoms with Gasteiger partial charge in [0, 0.05) is 31.4 Å². The number of aryl methyl sites for hydroxylation is 1. The summed E-state index contributed by atoms with van der Waals surface area (Å²) in [5, 5.41) is 7.88. The Labute approximate surface area is 98.2 Å². The van der Waals surface area contributed by atoms with E-state index in [0.29, 0.717) is 5.41 Å². The number of nitrogens with one attached hydrogen (secondary N) is 1. The molecule has 0 saturated heterocycles. The molecule has 1 aliphatic carbocycles. The summed E-state index contributed by atoms with van der Waals surface area (Å²) in [6, 6.07) is 0. The fraction of sp³-hybridized carbons (Fsp3) is 0.769. The predicted molar refractivity (Wildman–Crippen MR) is 66.2 cm³/mol. The Balaban J connectivity index is 1.72. The van der Waals surface area contributed by atoms with Gasteiger partial charge in [0.05, 0.1) is 6.20 Å². The van der Waals surface area contributed by atoms with Crippen molar-refractivity contribution in [3.05, 3.63) is 18.0 Å². The van der Waals surface area contributed by atoms with Crippen molar-refractivity contribution in [2.24, 2.45) is 5.41 Å². The van der Waals surface area contributed by atoms with Crippen molar-refractivity contribution in [1.82, 2.24) is 15.1 Å². The minimum Gasteiger partial charge on any atom is -0.312 e. The minimum atomic E-state index is 0.569. The van der Waals surface area contributed by atoms with Crippen LogP contribution in [0.1, 0.15) is 45.1 Å². The van der Waals surface area contributed by atoms with Crippen LogP contribution in [-0.4, -0.2) is 16.3 Å². The second kappa shape index (κ2) is 5.00.